The maximum Gasteiger partial charge on any atom is 0.129 e. The summed E-state index contributed by atoms with van der Waals surface area (Å²) in [6, 6.07) is 4.61. The Labute approximate surface area is 94.6 Å². The lowest BCUT2D eigenvalue weighted by molar-refractivity contribution is 0.556. The van der Waals surface area contributed by atoms with E-state index in [1.807, 2.05) is 6.92 Å². The van der Waals surface area contributed by atoms with Crippen molar-refractivity contribution in [2.24, 2.45) is 0 Å². The van der Waals surface area contributed by atoms with Crippen molar-refractivity contribution in [3.8, 4) is 12.3 Å². The zero-order chi connectivity index (χ0) is 11.3. The molecule has 0 saturated heterocycles. The molecule has 0 aliphatic rings. The minimum Gasteiger partial charge on any atom is -0.299 e. The zero-order valence-corrected chi connectivity index (χ0v) is 9.31. The number of hydrogen-bond acceptors (Lipinski definition) is 1. The molecule has 1 aromatic carbocycles. The summed E-state index contributed by atoms with van der Waals surface area (Å²) in [4.78, 5) is 0. The lowest BCUT2D eigenvalue weighted by Crippen LogP contribution is -2.26. The lowest BCUT2D eigenvalue weighted by atomic mass is 10.2. The summed E-state index contributed by atoms with van der Waals surface area (Å²) in [6.07, 6.45) is 6.11. The molecule has 0 aromatic heterocycles. The first-order valence-electron chi connectivity index (χ1n) is 4.80. The van der Waals surface area contributed by atoms with E-state index in [9.17, 15) is 4.39 Å². The van der Waals surface area contributed by atoms with Crippen LogP contribution in [-0.2, 0) is 6.54 Å². The van der Waals surface area contributed by atoms with Crippen LogP contribution in [0.4, 0.5) is 4.39 Å². The highest BCUT2D eigenvalue weighted by molar-refractivity contribution is 6.30. The van der Waals surface area contributed by atoms with Gasteiger partial charge >= 0.3 is 0 Å². The topological polar surface area (TPSA) is 12.0 Å². The van der Waals surface area contributed by atoms with Gasteiger partial charge in [-0.3, -0.25) is 5.32 Å². The van der Waals surface area contributed by atoms with Gasteiger partial charge in [-0.15, -0.1) is 6.42 Å². The van der Waals surface area contributed by atoms with Crippen molar-refractivity contribution < 1.29 is 4.39 Å². The van der Waals surface area contributed by atoms with Gasteiger partial charge in [-0.2, -0.15) is 0 Å². The van der Waals surface area contributed by atoms with E-state index < -0.39 is 0 Å². The van der Waals surface area contributed by atoms with E-state index in [1.54, 1.807) is 12.1 Å². The fourth-order valence-corrected chi connectivity index (χ4v) is 1.38. The maximum atomic E-state index is 13.3. The summed E-state index contributed by atoms with van der Waals surface area (Å²) in [6.45, 7) is 2.40. The van der Waals surface area contributed by atoms with E-state index in [2.05, 4.69) is 11.2 Å². The third kappa shape index (κ3) is 3.54. The van der Waals surface area contributed by atoms with Gasteiger partial charge in [0.25, 0.3) is 0 Å². The van der Waals surface area contributed by atoms with Gasteiger partial charge in [-0.1, -0.05) is 30.5 Å². The minimum absolute atomic E-state index is 0.0138. The Hall–Kier alpha value is -1.04. The molecule has 3 heteroatoms. The SMILES string of the molecule is C#CC(CC)NCc1ccc(Cl)cc1F. The van der Waals surface area contributed by atoms with Crippen LogP contribution in [0.1, 0.15) is 18.9 Å². The van der Waals surface area contributed by atoms with Gasteiger partial charge in [-0.05, 0) is 18.6 Å². The molecular weight excluding hydrogens is 213 g/mol. The van der Waals surface area contributed by atoms with Crippen LogP contribution in [0.3, 0.4) is 0 Å². The first-order chi connectivity index (χ1) is 7.17. The van der Waals surface area contributed by atoms with Crippen molar-refractivity contribution in [2.45, 2.75) is 25.9 Å². The standard InChI is InChI=1S/C12H13ClFN/c1-3-11(4-2)15-8-9-5-6-10(13)7-12(9)14/h1,5-7,11,15H,4,8H2,2H3. The molecule has 80 valence electrons. The number of hydrogen-bond donors (Lipinski definition) is 1. The molecule has 0 saturated carbocycles. The molecule has 0 bridgehead atoms. The summed E-state index contributed by atoms with van der Waals surface area (Å²) in [5.74, 6) is 2.29. The number of rotatable bonds is 4. The summed E-state index contributed by atoms with van der Waals surface area (Å²) < 4.78 is 13.3. The number of halogens is 2. The maximum absolute atomic E-state index is 13.3. The molecule has 1 aromatic rings. The van der Waals surface area contributed by atoms with E-state index in [0.29, 0.717) is 17.1 Å². The van der Waals surface area contributed by atoms with Crippen LogP contribution in [0.5, 0.6) is 0 Å². The van der Waals surface area contributed by atoms with Gasteiger partial charge in [-0.25, -0.2) is 4.39 Å². The van der Waals surface area contributed by atoms with Crippen LogP contribution in [0.15, 0.2) is 18.2 Å². The van der Waals surface area contributed by atoms with Gasteiger partial charge in [0.05, 0.1) is 6.04 Å². The largest absolute Gasteiger partial charge is 0.299 e. The van der Waals surface area contributed by atoms with E-state index in [4.69, 9.17) is 18.0 Å². The zero-order valence-electron chi connectivity index (χ0n) is 8.56. The highest BCUT2D eigenvalue weighted by atomic mass is 35.5. The van der Waals surface area contributed by atoms with Crippen molar-refractivity contribution in [3.05, 3.63) is 34.6 Å². The van der Waals surface area contributed by atoms with E-state index in [0.717, 1.165) is 6.42 Å². The van der Waals surface area contributed by atoms with Crippen LogP contribution in [0.2, 0.25) is 5.02 Å². The molecule has 1 nitrogen and oxygen atoms in total. The van der Waals surface area contributed by atoms with Gasteiger partial charge in [0.15, 0.2) is 0 Å². The molecule has 1 unspecified atom stereocenters. The second-order valence-electron chi connectivity index (χ2n) is 3.24. The molecule has 1 atom stereocenters. The Kier molecular flexibility index (Phi) is 4.61. The Balaban J connectivity index is 2.62. The normalized spacial score (nSPS) is 12.1. The first-order valence-corrected chi connectivity index (χ1v) is 5.18. The number of nitrogens with one attached hydrogen (secondary N) is 1. The molecule has 0 heterocycles. The van der Waals surface area contributed by atoms with Crippen LogP contribution in [0, 0.1) is 18.2 Å². The summed E-state index contributed by atoms with van der Waals surface area (Å²) in [5, 5.41) is 3.48. The van der Waals surface area contributed by atoms with E-state index in [1.165, 1.54) is 6.07 Å². The van der Waals surface area contributed by atoms with Crippen molar-refractivity contribution in [3.63, 3.8) is 0 Å². The van der Waals surface area contributed by atoms with Gasteiger partial charge in [0, 0.05) is 17.1 Å². The average molecular weight is 226 g/mol. The number of terminal acetylenes is 1. The fraction of sp³-hybridized carbons (Fsp3) is 0.333. The molecule has 0 aliphatic heterocycles. The van der Waals surface area contributed by atoms with Gasteiger partial charge in [0.2, 0.25) is 0 Å². The van der Waals surface area contributed by atoms with Crippen molar-refractivity contribution in [1.29, 1.82) is 0 Å². The van der Waals surface area contributed by atoms with Crippen molar-refractivity contribution >= 4 is 11.6 Å². The van der Waals surface area contributed by atoms with Crippen LogP contribution in [0.25, 0.3) is 0 Å². The van der Waals surface area contributed by atoms with Crippen LogP contribution in [-0.4, -0.2) is 6.04 Å². The summed E-state index contributed by atoms with van der Waals surface area (Å²) in [7, 11) is 0. The van der Waals surface area contributed by atoms with Crippen molar-refractivity contribution in [1.82, 2.24) is 5.32 Å². The Morgan fingerprint density at radius 2 is 2.33 bits per heavy atom. The van der Waals surface area contributed by atoms with E-state index >= 15 is 0 Å². The molecule has 0 fully saturated rings. The van der Waals surface area contributed by atoms with Crippen LogP contribution >= 0.6 is 11.6 Å². The highest BCUT2D eigenvalue weighted by Gasteiger charge is 2.05. The summed E-state index contributed by atoms with van der Waals surface area (Å²) in [5.41, 5.74) is 0.577. The summed E-state index contributed by atoms with van der Waals surface area (Å²) >= 11 is 5.64. The first kappa shape index (κ1) is 12.0. The Morgan fingerprint density at radius 3 is 2.87 bits per heavy atom. The molecule has 0 spiro atoms. The molecule has 1 N–H and O–H groups in total. The molecule has 15 heavy (non-hydrogen) atoms. The second-order valence-corrected chi connectivity index (χ2v) is 3.68. The lowest BCUT2D eigenvalue weighted by Gasteiger charge is -2.11. The number of benzene rings is 1. The predicted octanol–water partition coefficient (Wildman–Crippen LogP) is 2.98. The van der Waals surface area contributed by atoms with Crippen LogP contribution < -0.4 is 5.32 Å². The molecule has 0 aliphatic carbocycles. The molecule has 0 amide bonds. The quantitative estimate of drug-likeness (QED) is 0.777. The van der Waals surface area contributed by atoms with E-state index in [-0.39, 0.29) is 11.9 Å². The third-order valence-electron chi connectivity index (χ3n) is 2.16. The highest BCUT2D eigenvalue weighted by Crippen LogP contribution is 2.14. The molecule has 1 rings (SSSR count). The predicted molar refractivity (Wildman–Crippen MR) is 61.2 cm³/mol. The fourth-order valence-electron chi connectivity index (χ4n) is 1.22. The molecule has 0 radical (unpaired) electrons. The van der Waals surface area contributed by atoms with Gasteiger partial charge in [0.1, 0.15) is 5.82 Å². The smallest absolute Gasteiger partial charge is 0.129 e. The van der Waals surface area contributed by atoms with Gasteiger partial charge < -0.3 is 0 Å². The molecular formula is C12H13ClFN. The third-order valence-corrected chi connectivity index (χ3v) is 2.40. The Morgan fingerprint density at radius 1 is 1.60 bits per heavy atom. The van der Waals surface area contributed by atoms with Crippen molar-refractivity contribution in [2.75, 3.05) is 0 Å². The average Bonchev–Trinajstić information content (AvgIpc) is 2.22. The minimum atomic E-state index is -0.304. The Bertz CT molecular complexity index is 370. The second kappa shape index (κ2) is 5.75. The monoisotopic (exact) mass is 225 g/mol.